The number of hydrogen-bond donors (Lipinski definition) is 0. The number of halogens is 2. The van der Waals surface area contributed by atoms with Gasteiger partial charge < -0.3 is 0 Å². The summed E-state index contributed by atoms with van der Waals surface area (Å²) in [5.41, 5.74) is 0. The zero-order valence-corrected chi connectivity index (χ0v) is 7.67. The van der Waals surface area contributed by atoms with Gasteiger partial charge in [-0.05, 0) is 18.2 Å². The number of pyridine rings is 1. The highest BCUT2D eigenvalue weighted by molar-refractivity contribution is 7.22. The molecule has 56 valence electrons. The number of aromatic nitrogens is 1. The van der Waals surface area contributed by atoms with Gasteiger partial charge in [0.25, 0.3) is 0 Å². The lowest BCUT2D eigenvalue weighted by Crippen LogP contribution is -1.70. The summed E-state index contributed by atoms with van der Waals surface area (Å²) in [4.78, 5) is 4.99. The van der Waals surface area contributed by atoms with Gasteiger partial charge in [0.2, 0.25) is 0 Å². The Bertz CT molecular complexity index is 396. The van der Waals surface area contributed by atoms with Crippen molar-refractivity contribution in [3.8, 4) is 0 Å². The van der Waals surface area contributed by atoms with Crippen molar-refractivity contribution in [1.82, 2.24) is 4.98 Å². The van der Waals surface area contributed by atoms with Crippen molar-refractivity contribution < 1.29 is 0 Å². The van der Waals surface area contributed by atoms with Crippen molar-refractivity contribution in [3.05, 3.63) is 27.7 Å². The number of hydrogen-bond acceptors (Lipinski definition) is 2. The van der Waals surface area contributed by atoms with Gasteiger partial charge in [-0.1, -0.05) is 23.2 Å². The molecule has 0 amide bonds. The minimum Gasteiger partial charge on any atom is -0.225 e. The smallest absolute Gasteiger partial charge is 0.130 e. The van der Waals surface area contributed by atoms with Gasteiger partial charge in [0.05, 0.1) is 4.34 Å². The molecular formula is C7H3Cl2NS. The van der Waals surface area contributed by atoms with E-state index in [1.165, 1.54) is 11.3 Å². The van der Waals surface area contributed by atoms with Crippen molar-refractivity contribution in [1.29, 1.82) is 0 Å². The van der Waals surface area contributed by atoms with Gasteiger partial charge in [0.1, 0.15) is 9.98 Å². The Kier molecular flexibility index (Phi) is 1.75. The standard InChI is InChI=1S/C7H3Cl2NS/c8-5-2-1-4-3-6(9)11-7(4)10-5/h1-3H. The average molecular weight is 204 g/mol. The van der Waals surface area contributed by atoms with Crippen LogP contribution in [0.25, 0.3) is 10.2 Å². The number of nitrogens with zero attached hydrogens (tertiary/aromatic N) is 1. The molecule has 0 radical (unpaired) electrons. The van der Waals surface area contributed by atoms with Crippen LogP contribution >= 0.6 is 34.5 Å². The Morgan fingerprint density at radius 2 is 2.09 bits per heavy atom. The normalized spacial score (nSPS) is 10.7. The van der Waals surface area contributed by atoms with E-state index in [1.807, 2.05) is 12.1 Å². The van der Waals surface area contributed by atoms with Crippen molar-refractivity contribution in [2.45, 2.75) is 0 Å². The van der Waals surface area contributed by atoms with Crippen LogP contribution in [0.5, 0.6) is 0 Å². The van der Waals surface area contributed by atoms with Crippen molar-refractivity contribution >= 4 is 44.8 Å². The van der Waals surface area contributed by atoms with E-state index in [0.29, 0.717) is 5.15 Å². The zero-order chi connectivity index (χ0) is 7.84. The fourth-order valence-corrected chi connectivity index (χ4v) is 2.16. The van der Waals surface area contributed by atoms with E-state index in [1.54, 1.807) is 6.07 Å². The van der Waals surface area contributed by atoms with Gasteiger partial charge in [-0.15, -0.1) is 11.3 Å². The molecular weight excluding hydrogens is 201 g/mol. The maximum absolute atomic E-state index is 5.77. The van der Waals surface area contributed by atoms with Gasteiger partial charge in [-0.2, -0.15) is 0 Å². The van der Waals surface area contributed by atoms with Crippen LogP contribution in [-0.2, 0) is 0 Å². The molecule has 0 aliphatic heterocycles. The third kappa shape index (κ3) is 1.34. The molecule has 2 rings (SSSR count). The van der Waals surface area contributed by atoms with E-state index in [-0.39, 0.29) is 0 Å². The molecule has 4 heteroatoms. The molecule has 0 unspecified atom stereocenters. The van der Waals surface area contributed by atoms with Crippen molar-refractivity contribution in [2.24, 2.45) is 0 Å². The molecule has 0 bridgehead atoms. The van der Waals surface area contributed by atoms with Crippen LogP contribution in [-0.4, -0.2) is 4.98 Å². The summed E-state index contributed by atoms with van der Waals surface area (Å²) < 4.78 is 0.745. The summed E-state index contributed by atoms with van der Waals surface area (Å²) in [5.74, 6) is 0. The number of fused-ring (bicyclic) bond motifs is 1. The second-order valence-electron chi connectivity index (χ2n) is 2.08. The van der Waals surface area contributed by atoms with Gasteiger partial charge in [0.15, 0.2) is 0 Å². The predicted octanol–water partition coefficient (Wildman–Crippen LogP) is 3.60. The third-order valence-corrected chi connectivity index (χ3v) is 2.70. The van der Waals surface area contributed by atoms with E-state index >= 15 is 0 Å². The molecule has 0 aliphatic carbocycles. The molecule has 1 nitrogen and oxygen atoms in total. The molecule has 2 aromatic heterocycles. The quantitative estimate of drug-likeness (QED) is 0.597. The molecule has 11 heavy (non-hydrogen) atoms. The van der Waals surface area contributed by atoms with E-state index in [0.717, 1.165) is 14.6 Å². The van der Waals surface area contributed by atoms with Crippen molar-refractivity contribution in [3.63, 3.8) is 0 Å². The average Bonchev–Trinajstić information content (AvgIpc) is 2.27. The lowest BCUT2D eigenvalue weighted by molar-refractivity contribution is 1.44. The Balaban J connectivity index is 2.82. The van der Waals surface area contributed by atoms with Crippen LogP contribution in [0.1, 0.15) is 0 Å². The minimum atomic E-state index is 0.510. The second kappa shape index (κ2) is 2.63. The Morgan fingerprint density at radius 1 is 1.27 bits per heavy atom. The zero-order valence-electron chi connectivity index (χ0n) is 5.34. The minimum absolute atomic E-state index is 0.510. The summed E-state index contributed by atoms with van der Waals surface area (Å²) in [6, 6.07) is 5.55. The lowest BCUT2D eigenvalue weighted by atomic mass is 10.4. The molecule has 2 aromatic rings. The van der Waals surface area contributed by atoms with E-state index in [4.69, 9.17) is 23.2 Å². The number of thiophene rings is 1. The summed E-state index contributed by atoms with van der Waals surface area (Å²) in [5, 5.41) is 1.56. The van der Waals surface area contributed by atoms with Gasteiger partial charge >= 0.3 is 0 Å². The van der Waals surface area contributed by atoms with Crippen LogP contribution in [0, 0.1) is 0 Å². The SMILES string of the molecule is Clc1ccc2cc(Cl)sc2n1. The highest BCUT2D eigenvalue weighted by Gasteiger charge is 2.00. The second-order valence-corrected chi connectivity index (χ2v) is 4.13. The highest BCUT2D eigenvalue weighted by atomic mass is 35.5. The third-order valence-electron chi connectivity index (χ3n) is 1.32. The van der Waals surface area contributed by atoms with E-state index in [2.05, 4.69) is 4.98 Å². The fourth-order valence-electron chi connectivity index (χ4n) is 0.864. The Labute approximate surface area is 77.6 Å². The molecule has 0 aromatic carbocycles. The summed E-state index contributed by atoms with van der Waals surface area (Å²) in [6.07, 6.45) is 0. The van der Waals surface area contributed by atoms with Gasteiger partial charge in [-0.25, -0.2) is 4.98 Å². The summed E-state index contributed by atoms with van der Waals surface area (Å²) in [7, 11) is 0. The van der Waals surface area contributed by atoms with E-state index in [9.17, 15) is 0 Å². The number of rotatable bonds is 0. The maximum Gasteiger partial charge on any atom is 0.130 e. The molecule has 0 fully saturated rings. The topological polar surface area (TPSA) is 12.9 Å². The van der Waals surface area contributed by atoms with Crippen LogP contribution in [0.3, 0.4) is 0 Å². The molecule has 0 aliphatic rings. The first-order chi connectivity index (χ1) is 5.25. The predicted molar refractivity (Wildman–Crippen MR) is 49.6 cm³/mol. The van der Waals surface area contributed by atoms with Gasteiger partial charge in [0, 0.05) is 5.39 Å². The van der Waals surface area contributed by atoms with Gasteiger partial charge in [-0.3, -0.25) is 0 Å². The maximum atomic E-state index is 5.77. The Morgan fingerprint density at radius 3 is 2.91 bits per heavy atom. The van der Waals surface area contributed by atoms with Crippen LogP contribution in [0.4, 0.5) is 0 Å². The Hall–Kier alpha value is -0.310. The molecule has 0 saturated heterocycles. The van der Waals surface area contributed by atoms with Crippen LogP contribution in [0.15, 0.2) is 18.2 Å². The van der Waals surface area contributed by atoms with Crippen LogP contribution in [0.2, 0.25) is 9.49 Å². The molecule has 0 spiro atoms. The first-order valence-corrected chi connectivity index (χ1v) is 4.54. The van der Waals surface area contributed by atoms with Crippen LogP contribution < -0.4 is 0 Å². The van der Waals surface area contributed by atoms with Crippen molar-refractivity contribution in [2.75, 3.05) is 0 Å². The molecule has 0 atom stereocenters. The largest absolute Gasteiger partial charge is 0.225 e. The lowest BCUT2D eigenvalue weighted by Gasteiger charge is -1.87. The van der Waals surface area contributed by atoms with E-state index < -0.39 is 0 Å². The summed E-state index contributed by atoms with van der Waals surface area (Å²) in [6.45, 7) is 0. The fraction of sp³-hybridized carbons (Fsp3) is 0. The first-order valence-electron chi connectivity index (χ1n) is 2.97. The monoisotopic (exact) mass is 203 g/mol. The summed E-state index contributed by atoms with van der Waals surface area (Å²) >= 11 is 12.9. The molecule has 0 saturated carbocycles. The highest BCUT2D eigenvalue weighted by Crippen LogP contribution is 2.28. The molecule has 0 N–H and O–H groups in total. The first kappa shape index (κ1) is 7.35. The molecule has 2 heterocycles.